The van der Waals surface area contributed by atoms with Crippen molar-refractivity contribution >= 4 is 17.6 Å². The van der Waals surface area contributed by atoms with Crippen molar-refractivity contribution < 1.29 is 9.59 Å². The largest absolute Gasteiger partial charge is 0.353 e. The highest BCUT2D eigenvalue weighted by Gasteiger charge is 2.59. The lowest BCUT2D eigenvalue weighted by Gasteiger charge is -2.37. The number of benzene rings is 1. The summed E-state index contributed by atoms with van der Waals surface area (Å²) in [7, 11) is 0. The fourth-order valence-corrected chi connectivity index (χ4v) is 5.46. The van der Waals surface area contributed by atoms with E-state index in [1.807, 2.05) is 66.2 Å². The molecule has 2 aliphatic heterocycles. The molecule has 1 aromatic heterocycles. The zero-order chi connectivity index (χ0) is 22.3. The van der Waals surface area contributed by atoms with Crippen LogP contribution in [0.3, 0.4) is 0 Å². The Morgan fingerprint density at radius 3 is 2.38 bits per heavy atom. The van der Waals surface area contributed by atoms with E-state index in [0.29, 0.717) is 5.91 Å². The van der Waals surface area contributed by atoms with Crippen molar-refractivity contribution in [3.8, 4) is 0 Å². The van der Waals surface area contributed by atoms with Crippen molar-refractivity contribution in [1.29, 1.82) is 0 Å². The lowest BCUT2D eigenvalue weighted by molar-refractivity contribution is -0.134. The summed E-state index contributed by atoms with van der Waals surface area (Å²) in [6.07, 6.45) is 4.68. The van der Waals surface area contributed by atoms with E-state index in [9.17, 15) is 9.59 Å². The summed E-state index contributed by atoms with van der Waals surface area (Å²) in [5.41, 5.74) is 3.08. The molecule has 1 spiro atoms. The minimum atomic E-state index is 0.119. The van der Waals surface area contributed by atoms with E-state index in [-0.39, 0.29) is 17.2 Å². The molecule has 3 fully saturated rings. The lowest BCUT2D eigenvalue weighted by atomic mass is 9.89. The van der Waals surface area contributed by atoms with E-state index in [1.54, 1.807) is 0 Å². The Kier molecular flexibility index (Phi) is 5.39. The number of hydrogen-bond donors (Lipinski definition) is 0. The molecule has 6 nitrogen and oxygen atoms in total. The smallest absolute Gasteiger partial charge is 0.254 e. The van der Waals surface area contributed by atoms with Gasteiger partial charge in [-0.3, -0.25) is 9.59 Å². The van der Waals surface area contributed by atoms with Gasteiger partial charge in [0.2, 0.25) is 5.91 Å². The van der Waals surface area contributed by atoms with Crippen LogP contribution in [0.15, 0.2) is 42.6 Å². The van der Waals surface area contributed by atoms with Crippen LogP contribution in [-0.2, 0) is 4.79 Å². The van der Waals surface area contributed by atoms with Gasteiger partial charge in [0.25, 0.3) is 5.91 Å². The van der Waals surface area contributed by atoms with E-state index in [4.69, 9.17) is 0 Å². The van der Waals surface area contributed by atoms with Gasteiger partial charge >= 0.3 is 0 Å². The Bertz CT molecular complexity index is 1010. The van der Waals surface area contributed by atoms with Crippen LogP contribution >= 0.6 is 0 Å². The van der Waals surface area contributed by atoms with Gasteiger partial charge in [-0.2, -0.15) is 0 Å². The molecule has 3 aliphatic rings. The van der Waals surface area contributed by atoms with Gasteiger partial charge in [0.05, 0.1) is 0 Å². The maximum atomic E-state index is 13.2. The summed E-state index contributed by atoms with van der Waals surface area (Å²) in [5.74, 6) is 1.58. The van der Waals surface area contributed by atoms with Crippen LogP contribution in [0.25, 0.3) is 0 Å². The molecule has 0 bridgehead atoms. The topological polar surface area (TPSA) is 56.8 Å². The molecule has 1 atom stereocenters. The second-order valence-corrected chi connectivity index (χ2v) is 9.73. The van der Waals surface area contributed by atoms with Crippen LogP contribution < -0.4 is 4.90 Å². The highest BCUT2D eigenvalue weighted by atomic mass is 16.2. The number of anilines is 1. The maximum absolute atomic E-state index is 13.2. The van der Waals surface area contributed by atoms with Crippen LogP contribution in [0.4, 0.5) is 5.82 Å². The third-order valence-electron chi connectivity index (χ3n) is 7.72. The normalized spacial score (nSPS) is 22.2. The average Bonchev–Trinajstić information content (AvgIpc) is 3.53. The number of likely N-dealkylation sites (tertiary alicyclic amines) is 1. The van der Waals surface area contributed by atoms with E-state index < -0.39 is 0 Å². The summed E-state index contributed by atoms with van der Waals surface area (Å²) in [6, 6.07) is 12.0. The van der Waals surface area contributed by atoms with E-state index >= 15 is 0 Å². The first-order chi connectivity index (χ1) is 15.5. The number of aryl methyl sites for hydroxylation is 2. The Morgan fingerprint density at radius 2 is 1.69 bits per heavy atom. The molecule has 2 saturated heterocycles. The van der Waals surface area contributed by atoms with Crippen LogP contribution in [-0.4, -0.2) is 65.9 Å². The van der Waals surface area contributed by atoms with Gasteiger partial charge in [0, 0.05) is 56.9 Å². The molecule has 6 heteroatoms. The quantitative estimate of drug-likeness (QED) is 0.747. The SMILES string of the molecule is Cc1ccc(C)c(C(=O)N2CCC3(CC2)CC3C(=O)N2CCN(c3ccccn3)CC2)c1. The van der Waals surface area contributed by atoms with E-state index in [1.165, 1.54) is 0 Å². The molecule has 1 unspecified atom stereocenters. The number of piperidine rings is 1. The predicted octanol–water partition coefficient (Wildman–Crippen LogP) is 3.29. The van der Waals surface area contributed by atoms with Crippen molar-refractivity contribution in [3.63, 3.8) is 0 Å². The first-order valence-electron chi connectivity index (χ1n) is 11.8. The molecular formula is C26H32N4O2. The zero-order valence-corrected chi connectivity index (χ0v) is 19.1. The van der Waals surface area contributed by atoms with Crippen molar-refractivity contribution in [1.82, 2.24) is 14.8 Å². The van der Waals surface area contributed by atoms with Gasteiger partial charge < -0.3 is 14.7 Å². The molecular weight excluding hydrogens is 400 g/mol. The molecule has 1 saturated carbocycles. The Balaban J connectivity index is 1.15. The molecule has 168 valence electrons. The standard InChI is InChI=1S/C26H32N4O2/c1-19-6-7-20(2)21(17-19)24(31)29-11-8-26(9-12-29)18-22(26)25(32)30-15-13-28(14-16-30)23-5-3-4-10-27-23/h3-7,10,17,22H,8-9,11-16,18H2,1-2H3. The highest BCUT2D eigenvalue weighted by Crippen LogP contribution is 2.60. The molecule has 2 aromatic rings. The number of pyridine rings is 1. The average molecular weight is 433 g/mol. The zero-order valence-electron chi connectivity index (χ0n) is 19.1. The van der Waals surface area contributed by atoms with E-state index in [0.717, 1.165) is 81.0 Å². The Morgan fingerprint density at radius 1 is 0.938 bits per heavy atom. The molecule has 1 aliphatic carbocycles. The van der Waals surface area contributed by atoms with Gasteiger partial charge in [-0.15, -0.1) is 0 Å². The first kappa shape index (κ1) is 21.0. The summed E-state index contributed by atoms with van der Waals surface area (Å²) in [6.45, 7) is 8.73. The fraction of sp³-hybridized carbons (Fsp3) is 0.500. The van der Waals surface area contributed by atoms with Crippen molar-refractivity contribution in [2.75, 3.05) is 44.2 Å². The van der Waals surface area contributed by atoms with Crippen molar-refractivity contribution in [2.45, 2.75) is 33.1 Å². The number of rotatable bonds is 3. The first-order valence-corrected chi connectivity index (χ1v) is 11.8. The summed E-state index contributed by atoms with van der Waals surface area (Å²) in [5, 5.41) is 0. The summed E-state index contributed by atoms with van der Waals surface area (Å²) < 4.78 is 0. The Hall–Kier alpha value is -2.89. The van der Waals surface area contributed by atoms with Crippen molar-refractivity contribution in [3.05, 3.63) is 59.3 Å². The number of carbonyl (C=O) groups is 2. The number of nitrogens with zero attached hydrogens (tertiary/aromatic N) is 4. The van der Waals surface area contributed by atoms with Gasteiger partial charge in [-0.05, 0) is 62.3 Å². The number of piperazine rings is 1. The molecule has 2 amide bonds. The highest BCUT2D eigenvalue weighted by molar-refractivity contribution is 5.96. The molecule has 5 rings (SSSR count). The summed E-state index contributed by atoms with van der Waals surface area (Å²) in [4.78, 5) is 37.0. The minimum absolute atomic E-state index is 0.119. The Labute approximate surface area is 190 Å². The van der Waals surface area contributed by atoms with Crippen LogP contribution in [0.2, 0.25) is 0 Å². The third-order valence-corrected chi connectivity index (χ3v) is 7.72. The molecule has 0 radical (unpaired) electrons. The van der Waals surface area contributed by atoms with Gasteiger partial charge in [0.15, 0.2) is 0 Å². The fourth-order valence-electron chi connectivity index (χ4n) is 5.46. The van der Waals surface area contributed by atoms with Crippen LogP contribution in [0.1, 0.15) is 40.7 Å². The maximum Gasteiger partial charge on any atom is 0.254 e. The predicted molar refractivity (Wildman–Crippen MR) is 125 cm³/mol. The van der Waals surface area contributed by atoms with E-state index in [2.05, 4.69) is 9.88 Å². The number of carbonyl (C=O) groups excluding carboxylic acids is 2. The number of aromatic nitrogens is 1. The van der Waals surface area contributed by atoms with Gasteiger partial charge in [-0.1, -0.05) is 23.8 Å². The lowest BCUT2D eigenvalue weighted by Crippen LogP contribution is -2.50. The minimum Gasteiger partial charge on any atom is -0.353 e. The second kappa shape index (κ2) is 8.23. The summed E-state index contributed by atoms with van der Waals surface area (Å²) >= 11 is 0. The molecule has 0 N–H and O–H groups in total. The van der Waals surface area contributed by atoms with Crippen LogP contribution in [0, 0.1) is 25.2 Å². The van der Waals surface area contributed by atoms with Crippen LogP contribution in [0.5, 0.6) is 0 Å². The number of hydrogen-bond acceptors (Lipinski definition) is 4. The van der Waals surface area contributed by atoms with Crippen molar-refractivity contribution in [2.24, 2.45) is 11.3 Å². The number of amides is 2. The van der Waals surface area contributed by atoms with Gasteiger partial charge in [0.1, 0.15) is 5.82 Å². The second-order valence-electron chi connectivity index (χ2n) is 9.73. The monoisotopic (exact) mass is 432 g/mol. The molecule has 3 heterocycles. The van der Waals surface area contributed by atoms with Gasteiger partial charge in [-0.25, -0.2) is 4.98 Å². The molecule has 32 heavy (non-hydrogen) atoms. The molecule has 1 aromatic carbocycles. The third kappa shape index (κ3) is 3.87.